The number of phenols is 1. The lowest BCUT2D eigenvalue weighted by Crippen LogP contribution is -2.60. The molecule has 0 bridgehead atoms. The summed E-state index contributed by atoms with van der Waals surface area (Å²) in [4.78, 5) is 12.8. The third-order valence-electron chi connectivity index (χ3n) is 7.31. The summed E-state index contributed by atoms with van der Waals surface area (Å²) in [5.41, 5.74) is 0.670. The van der Waals surface area contributed by atoms with Gasteiger partial charge in [0.05, 0.1) is 26.7 Å². The largest absolute Gasteiger partial charge is 0.507 e. The minimum absolute atomic E-state index is 0.0151. The molecule has 0 aromatic heterocycles. The van der Waals surface area contributed by atoms with Crippen LogP contribution in [-0.4, -0.2) is 117 Å². The molecule has 41 heavy (non-hydrogen) atoms. The highest BCUT2D eigenvalue weighted by atomic mass is 16.7. The van der Waals surface area contributed by atoms with E-state index in [0.717, 1.165) is 6.07 Å². The Balaban J connectivity index is 1.29. The van der Waals surface area contributed by atoms with Gasteiger partial charge in [-0.25, -0.2) is 0 Å². The van der Waals surface area contributed by atoms with Crippen molar-refractivity contribution in [3.63, 3.8) is 0 Å². The van der Waals surface area contributed by atoms with Crippen LogP contribution in [0.3, 0.4) is 0 Å². The molecule has 14 nitrogen and oxygen atoms in total. The van der Waals surface area contributed by atoms with Crippen LogP contribution < -0.4 is 14.2 Å². The topological polar surface area (TPSA) is 214 Å². The van der Waals surface area contributed by atoms with Crippen molar-refractivity contribution in [3.8, 4) is 23.0 Å². The summed E-state index contributed by atoms with van der Waals surface area (Å²) in [5.74, 6) is -0.186. The molecule has 0 amide bonds. The van der Waals surface area contributed by atoms with Crippen molar-refractivity contribution in [2.45, 2.75) is 67.8 Å². The van der Waals surface area contributed by atoms with E-state index < -0.39 is 80.4 Å². The molecule has 2 fully saturated rings. The number of phenolic OH excluding ortho intramolecular Hbond substituents is 1. The first kappa shape index (κ1) is 29.4. The number of fused-ring (bicyclic) bond motifs is 1. The lowest BCUT2D eigenvalue weighted by Gasteiger charge is -2.40. The maximum Gasteiger partial charge on any atom is 0.229 e. The van der Waals surface area contributed by atoms with E-state index >= 15 is 0 Å². The first-order valence-corrected chi connectivity index (χ1v) is 12.9. The number of ketones is 1. The van der Waals surface area contributed by atoms with E-state index in [1.165, 1.54) is 13.2 Å². The number of carbonyl (C=O) groups excluding carboxylic acids is 1. The highest BCUT2D eigenvalue weighted by molar-refractivity contribution is 6.02. The van der Waals surface area contributed by atoms with E-state index in [2.05, 4.69) is 0 Å². The Kier molecular flexibility index (Phi) is 8.65. The molecule has 10 atom stereocenters. The predicted molar refractivity (Wildman–Crippen MR) is 134 cm³/mol. The Morgan fingerprint density at radius 3 is 2.17 bits per heavy atom. The average molecular weight is 581 g/mol. The van der Waals surface area contributed by atoms with Crippen LogP contribution in [0.2, 0.25) is 0 Å². The molecule has 2 aromatic carbocycles. The van der Waals surface area contributed by atoms with Crippen molar-refractivity contribution in [2.24, 2.45) is 0 Å². The van der Waals surface area contributed by atoms with E-state index in [9.17, 15) is 40.5 Å². The van der Waals surface area contributed by atoms with Crippen LogP contribution in [0.25, 0.3) is 0 Å². The smallest absolute Gasteiger partial charge is 0.229 e. The standard InChI is InChI=1S/C27H32O14/c1-36-12-4-2-11(3-5-12)16-8-15(30)20-14(29)6-13(7-17(20)39-16)38-27-25(35)23(33)22(32)19(41-27)10-37-26-24(34)21(31)18(9-28)40-26/h2-7,16,18-19,21-29,31-35H,8-10H2,1H3/t16?,18-,19?,21?,22+,23-,24-,25?,26+,27+/m0/s1. The third-order valence-corrected chi connectivity index (χ3v) is 7.31. The molecule has 2 aromatic rings. The number of aliphatic hydroxyl groups is 6. The Hall–Kier alpha value is -3.05. The first-order chi connectivity index (χ1) is 19.6. The summed E-state index contributed by atoms with van der Waals surface area (Å²) in [6, 6.07) is 9.42. The van der Waals surface area contributed by atoms with Gasteiger partial charge in [-0.05, 0) is 17.7 Å². The summed E-state index contributed by atoms with van der Waals surface area (Å²) in [6.45, 7) is -1.03. The van der Waals surface area contributed by atoms with Crippen LogP contribution in [0.5, 0.6) is 23.0 Å². The second-order valence-corrected chi connectivity index (χ2v) is 10.00. The second kappa shape index (κ2) is 12.1. The number of aliphatic hydroxyl groups excluding tert-OH is 6. The van der Waals surface area contributed by atoms with Crippen molar-refractivity contribution in [1.29, 1.82) is 0 Å². The Labute approximate surface area is 233 Å². The fourth-order valence-corrected chi connectivity index (χ4v) is 4.97. The van der Waals surface area contributed by atoms with Gasteiger partial charge in [0.1, 0.15) is 77.4 Å². The van der Waals surface area contributed by atoms with Gasteiger partial charge in [0.25, 0.3) is 0 Å². The molecule has 0 radical (unpaired) electrons. The molecule has 3 aliphatic heterocycles. The summed E-state index contributed by atoms with van der Waals surface area (Å²) < 4.78 is 33.1. The van der Waals surface area contributed by atoms with Crippen LogP contribution in [0.15, 0.2) is 36.4 Å². The molecule has 3 aliphatic rings. The molecule has 14 heteroatoms. The number of aromatic hydroxyl groups is 1. The van der Waals surface area contributed by atoms with Crippen LogP contribution in [0.4, 0.5) is 0 Å². The molecule has 3 heterocycles. The van der Waals surface area contributed by atoms with Gasteiger partial charge in [-0.3, -0.25) is 4.79 Å². The van der Waals surface area contributed by atoms with Crippen molar-refractivity contribution >= 4 is 5.78 Å². The van der Waals surface area contributed by atoms with E-state index in [-0.39, 0.29) is 29.3 Å². The summed E-state index contributed by atoms with van der Waals surface area (Å²) >= 11 is 0. The van der Waals surface area contributed by atoms with Gasteiger partial charge >= 0.3 is 0 Å². The molecule has 0 spiro atoms. The number of benzene rings is 2. The minimum atomic E-state index is -1.74. The lowest BCUT2D eigenvalue weighted by atomic mass is 9.95. The van der Waals surface area contributed by atoms with Crippen molar-refractivity contribution in [2.75, 3.05) is 20.3 Å². The lowest BCUT2D eigenvalue weighted by molar-refractivity contribution is -0.290. The normalized spacial score (nSPS) is 35.0. The van der Waals surface area contributed by atoms with E-state index in [1.54, 1.807) is 24.3 Å². The third kappa shape index (κ3) is 5.83. The number of hydrogen-bond acceptors (Lipinski definition) is 14. The number of methoxy groups -OCH3 is 1. The van der Waals surface area contributed by atoms with Crippen LogP contribution in [0, 0.1) is 0 Å². The Morgan fingerprint density at radius 2 is 1.51 bits per heavy atom. The molecule has 0 aliphatic carbocycles. The van der Waals surface area contributed by atoms with Gasteiger partial charge in [-0.15, -0.1) is 0 Å². The zero-order valence-corrected chi connectivity index (χ0v) is 21.8. The molecule has 2 saturated heterocycles. The molecule has 4 unspecified atom stereocenters. The highest BCUT2D eigenvalue weighted by Crippen LogP contribution is 2.42. The van der Waals surface area contributed by atoms with Crippen LogP contribution in [0.1, 0.15) is 28.4 Å². The molecule has 224 valence electrons. The maximum atomic E-state index is 12.8. The molecule has 0 saturated carbocycles. The monoisotopic (exact) mass is 580 g/mol. The average Bonchev–Trinajstić information content (AvgIpc) is 3.24. The maximum absolute atomic E-state index is 12.8. The van der Waals surface area contributed by atoms with E-state index in [1.807, 2.05) is 0 Å². The van der Waals surface area contributed by atoms with Gasteiger partial charge in [0.2, 0.25) is 6.29 Å². The fraction of sp³-hybridized carbons (Fsp3) is 0.519. The Bertz CT molecular complexity index is 1220. The molecular formula is C27H32O14. The van der Waals surface area contributed by atoms with Crippen molar-refractivity contribution < 1.29 is 69.0 Å². The van der Waals surface area contributed by atoms with Gasteiger partial charge in [-0.1, -0.05) is 12.1 Å². The number of rotatable bonds is 8. The number of hydrogen-bond donors (Lipinski definition) is 7. The van der Waals surface area contributed by atoms with Crippen molar-refractivity contribution in [1.82, 2.24) is 0 Å². The number of carbonyl (C=O) groups is 1. The summed E-state index contributed by atoms with van der Waals surface area (Å²) in [6.07, 6.45) is -14.0. The van der Waals surface area contributed by atoms with Gasteiger partial charge in [-0.2, -0.15) is 0 Å². The predicted octanol–water partition coefficient (Wildman–Crippen LogP) is -1.25. The van der Waals surface area contributed by atoms with Gasteiger partial charge in [0, 0.05) is 12.1 Å². The number of ether oxygens (including phenoxy) is 6. The van der Waals surface area contributed by atoms with Gasteiger partial charge < -0.3 is 64.2 Å². The molecular weight excluding hydrogens is 548 g/mol. The molecule has 5 rings (SSSR count). The zero-order valence-electron chi connectivity index (χ0n) is 21.8. The van der Waals surface area contributed by atoms with Crippen LogP contribution in [-0.2, 0) is 14.2 Å². The fourth-order valence-electron chi connectivity index (χ4n) is 4.97. The molecule has 7 N–H and O–H groups in total. The quantitative estimate of drug-likeness (QED) is 0.194. The van der Waals surface area contributed by atoms with E-state index in [0.29, 0.717) is 11.3 Å². The summed E-state index contributed by atoms with van der Waals surface area (Å²) in [5, 5.41) is 71.1. The van der Waals surface area contributed by atoms with Gasteiger partial charge in [0.15, 0.2) is 12.1 Å². The SMILES string of the molecule is COc1ccc(C2CC(=O)c3c(O)cc(O[C@@H]4OC(CO[C@@H]5O[C@@H](CO)C(O)[C@@H]5O)[C@@H](O)[C@H](O)C4O)cc3O2)cc1. The van der Waals surface area contributed by atoms with Crippen LogP contribution >= 0.6 is 0 Å². The zero-order chi connectivity index (χ0) is 29.4. The van der Waals surface area contributed by atoms with Crippen molar-refractivity contribution in [3.05, 3.63) is 47.5 Å². The second-order valence-electron chi connectivity index (χ2n) is 10.00. The van der Waals surface area contributed by atoms with E-state index in [4.69, 9.17) is 28.4 Å². The minimum Gasteiger partial charge on any atom is -0.507 e. The Morgan fingerprint density at radius 1 is 0.854 bits per heavy atom. The first-order valence-electron chi connectivity index (χ1n) is 12.9. The number of Topliss-reactive ketones (excluding diaryl/α,β-unsaturated/α-hetero) is 1. The highest BCUT2D eigenvalue weighted by Gasteiger charge is 2.47. The summed E-state index contributed by atoms with van der Waals surface area (Å²) in [7, 11) is 1.53.